The molecule has 1 amide bonds. The number of aliphatic imine (C=N–C) groups is 1. The lowest BCUT2D eigenvalue weighted by Crippen LogP contribution is -2.32. The lowest BCUT2D eigenvalue weighted by Gasteiger charge is -2.13. The highest BCUT2D eigenvalue weighted by atomic mass is 16.1. The number of hydrogen-bond donors (Lipinski definition) is 1. The van der Waals surface area contributed by atoms with Crippen molar-refractivity contribution in [2.45, 2.75) is 0 Å². The van der Waals surface area contributed by atoms with Crippen LogP contribution >= 0.6 is 0 Å². The second-order valence-electron chi connectivity index (χ2n) is 6.48. The predicted octanol–water partition coefficient (Wildman–Crippen LogP) is 3.11. The van der Waals surface area contributed by atoms with Gasteiger partial charge in [0.05, 0.1) is 17.6 Å². The highest BCUT2D eigenvalue weighted by Crippen LogP contribution is 2.16. The summed E-state index contributed by atoms with van der Waals surface area (Å²) in [7, 11) is 1.88. The molecular weight excluding hydrogens is 374 g/mol. The Kier molecular flexibility index (Phi) is 7.17. The summed E-state index contributed by atoms with van der Waals surface area (Å²) in [5.41, 5.74) is 3.00. The molecule has 30 heavy (non-hydrogen) atoms. The zero-order chi connectivity index (χ0) is 21.2. The fourth-order valence-corrected chi connectivity index (χ4v) is 2.72. The number of likely N-dealkylation sites (N-methyl/N-ethyl adjacent to an activating group) is 1. The SMILES string of the molecule is C=CN=CN(C)CCNC(=O)c1ccc(-n2cccn2)c(C#Cc2ccccc2)c1. The third kappa shape index (κ3) is 5.69. The van der Waals surface area contributed by atoms with Gasteiger partial charge < -0.3 is 10.2 Å². The second kappa shape index (κ2) is 10.4. The van der Waals surface area contributed by atoms with Crippen LogP contribution in [0.2, 0.25) is 0 Å². The van der Waals surface area contributed by atoms with Crippen molar-refractivity contribution in [1.82, 2.24) is 20.0 Å². The first-order chi connectivity index (χ1) is 14.7. The van der Waals surface area contributed by atoms with E-state index in [9.17, 15) is 4.79 Å². The van der Waals surface area contributed by atoms with Gasteiger partial charge in [-0.2, -0.15) is 5.10 Å². The molecular formula is C24H23N5O. The van der Waals surface area contributed by atoms with Crippen molar-refractivity contribution in [3.05, 3.63) is 96.5 Å². The summed E-state index contributed by atoms with van der Waals surface area (Å²) in [4.78, 5) is 18.4. The highest BCUT2D eigenvalue weighted by molar-refractivity contribution is 5.95. The molecule has 150 valence electrons. The van der Waals surface area contributed by atoms with E-state index in [0.29, 0.717) is 18.7 Å². The summed E-state index contributed by atoms with van der Waals surface area (Å²) in [6.45, 7) is 4.66. The third-order valence-corrected chi connectivity index (χ3v) is 4.24. The van der Waals surface area contributed by atoms with Crippen LogP contribution in [0.15, 0.2) is 84.8 Å². The lowest BCUT2D eigenvalue weighted by atomic mass is 10.1. The second-order valence-corrected chi connectivity index (χ2v) is 6.48. The third-order valence-electron chi connectivity index (χ3n) is 4.24. The fraction of sp³-hybridized carbons (Fsp3) is 0.125. The molecule has 0 atom stereocenters. The van der Waals surface area contributed by atoms with Gasteiger partial charge in [0, 0.05) is 49.9 Å². The molecule has 1 aromatic heterocycles. The minimum Gasteiger partial charge on any atom is -0.364 e. The number of aromatic nitrogens is 2. The van der Waals surface area contributed by atoms with E-state index in [0.717, 1.165) is 16.8 Å². The van der Waals surface area contributed by atoms with E-state index in [4.69, 9.17) is 0 Å². The fourth-order valence-electron chi connectivity index (χ4n) is 2.72. The average molecular weight is 397 g/mol. The van der Waals surface area contributed by atoms with E-state index >= 15 is 0 Å². The Morgan fingerprint density at radius 3 is 2.80 bits per heavy atom. The zero-order valence-electron chi connectivity index (χ0n) is 16.8. The van der Waals surface area contributed by atoms with Gasteiger partial charge in [-0.05, 0) is 36.4 Å². The van der Waals surface area contributed by atoms with E-state index in [1.165, 1.54) is 6.20 Å². The van der Waals surface area contributed by atoms with Crippen molar-refractivity contribution < 1.29 is 4.79 Å². The Hall–Kier alpha value is -4.11. The lowest BCUT2D eigenvalue weighted by molar-refractivity contribution is 0.0952. The van der Waals surface area contributed by atoms with Crippen LogP contribution in [0.25, 0.3) is 5.69 Å². The van der Waals surface area contributed by atoms with Gasteiger partial charge in [0.1, 0.15) is 0 Å². The molecule has 0 aliphatic carbocycles. The van der Waals surface area contributed by atoms with Gasteiger partial charge in [-0.3, -0.25) is 4.79 Å². The van der Waals surface area contributed by atoms with Crippen molar-refractivity contribution in [2.24, 2.45) is 4.99 Å². The average Bonchev–Trinajstić information content (AvgIpc) is 3.31. The number of rotatable bonds is 7. The Bertz CT molecular complexity index is 1080. The van der Waals surface area contributed by atoms with Crippen molar-refractivity contribution >= 4 is 12.2 Å². The van der Waals surface area contributed by atoms with Gasteiger partial charge in [0.2, 0.25) is 0 Å². The summed E-state index contributed by atoms with van der Waals surface area (Å²) < 4.78 is 1.74. The number of amides is 1. The molecule has 3 aromatic rings. The molecule has 0 aliphatic rings. The molecule has 0 aliphatic heterocycles. The van der Waals surface area contributed by atoms with E-state index in [1.54, 1.807) is 29.3 Å². The molecule has 0 saturated carbocycles. The number of carbonyl (C=O) groups excluding carboxylic acids is 1. The molecule has 6 nitrogen and oxygen atoms in total. The topological polar surface area (TPSA) is 62.5 Å². The van der Waals surface area contributed by atoms with Crippen LogP contribution in [-0.4, -0.2) is 47.1 Å². The molecule has 0 spiro atoms. The molecule has 6 heteroatoms. The highest BCUT2D eigenvalue weighted by Gasteiger charge is 2.10. The monoisotopic (exact) mass is 397 g/mol. The van der Waals surface area contributed by atoms with Gasteiger partial charge >= 0.3 is 0 Å². The Morgan fingerprint density at radius 2 is 2.07 bits per heavy atom. The van der Waals surface area contributed by atoms with E-state index in [-0.39, 0.29) is 5.91 Å². The first kappa shape index (κ1) is 20.6. The summed E-state index contributed by atoms with van der Waals surface area (Å²) in [5, 5.41) is 7.22. The molecule has 0 fully saturated rings. The van der Waals surface area contributed by atoms with E-state index in [2.05, 4.69) is 33.8 Å². The Morgan fingerprint density at radius 1 is 1.23 bits per heavy atom. The van der Waals surface area contributed by atoms with Crippen LogP contribution in [0.4, 0.5) is 0 Å². The predicted molar refractivity (Wildman–Crippen MR) is 120 cm³/mol. The van der Waals surface area contributed by atoms with Crippen LogP contribution in [0.1, 0.15) is 21.5 Å². The van der Waals surface area contributed by atoms with Crippen LogP contribution in [0, 0.1) is 11.8 Å². The van der Waals surface area contributed by atoms with E-state index < -0.39 is 0 Å². The first-order valence-electron chi connectivity index (χ1n) is 9.51. The quantitative estimate of drug-likeness (QED) is 0.379. The standard InChI is InChI=1S/C24H23N5O/c1-3-25-19-28(2)17-15-26-24(30)22-12-13-23(29-16-7-14-27-29)21(18-22)11-10-20-8-5-4-6-9-20/h3-9,12-14,16,18-19H,1,15,17H2,2H3,(H,26,30). The van der Waals surface area contributed by atoms with Gasteiger partial charge in [-0.1, -0.05) is 36.6 Å². The number of carbonyl (C=O) groups is 1. The smallest absolute Gasteiger partial charge is 0.251 e. The van der Waals surface area contributed by atoms with Gasteiger partial charge in [-0.25, -0.2) is 9.67 Å². The molecule has 1 heterocycles. The minimum atomic E-state index is -0.154. The number of nitrogens with one attached hydrogen (secondary N) is 1. The molecule has 2 aromatic carbocycles. The van der Waals surface area contributed by atoms with Crippen molar-refractivity contribution in [1.29, 1.82) is 0 Å². The summed E-state index contributed by atoms with van der Waals surface area (Å²) >= 11 is 0. The normalized spacial score (nSPS) is 10.3. The van der Waals surface area contributed by atoms with Crippen molar-refractivity contribution in [2.75, 3.05) is 20.1 Å². The Balaban J connectivity index is 1.79. The summed E-state index contributed by atoms with van der Waals surface area (Å²) in [6, 6.07) is 17.0. The van der Waals surface area contributed by atoms with Crippen LogP contribution < -0.4 is 5.32 Å². The molecule has 0 bridgehead atoms. The van der Waals surface area contributed by atoms with Gasteiger partial charge in [0.25, 0.3) is 5.91 Å². The maximum absolute atomic E-state index is 12.6. The molecule has 3 rings (SSSR count). The molecule has 1 N–H and O–H groups in total. The largest absolute Gasteiger partial charge is 0.364 e. The first-order valence-corrected chi connectivity index (χ1v) is 9.51. The van der Waals surface area contributed by atoms with Crippen LogP contribution in [0.3, 0.4) is 0 Å². The molecule has 0 radical (unpaired) electrons. The van der Waals surface area contributed by atoms with Gasteiger partial charge in [-0.15, -0.1) is 0 Å². The number of nitrogens with zero attached hydrogens (tertiary/aromatic N) is 4. The molecule has 0 unspecified atom stereocenters. The van der Waals surface area contributed by atoms with Gasteiger partial charge in [0.15, 0.2) is 0 Å². The summed E-state index contributed by atoms with van der Waals surface area (Å²) in [6.07, 6.45) is 6.69. The maximum Gasteiger partial charge on any atom is 0.251 e. The van der Waals surface area contributed by atoms with Crippen LogP contribution in [0.5, 0.6) is 0 Å². The minimum absolute atomic E-state index is 0.154. The Labute approximate surface area is 176 Å². The number of hydrogen-bond acceptors (Lipinski definition) is 3. The maximum atomic E-state index is 12.6. The van der Waals surface area contributed by atoms with Crippen molar-refractivity contribution in [3.63, 3.8) is 0 Å². The number of benzene rings is 2. The summed E-state index contributed by atoms with van der Waals surface area (Å²) in [5.74, 6) is 6.19. The van der Waals surface area contributed by atoms with Crippen molar-refractivity contribution in [3.8, 4) is 17.5 Å². The van der Waals surface area contributed by atoms with E-state index in [1.807, 2.05) is 60.6 Å². The van der Waals surface area contributed by atoms with Crippen LogP contribution in [-0.2, 0) is 0 Å². The zero-order valence-corrected chi connectivity index (χ0v) is 16.8. The molecule has 0 saturated heterocycles.